The molecule has 0 heterocycles. The van der Waals surface area contributed by atoms with Gasteiger partial charge in [-0.3, -0.25) is 9.59 Å². The van der Waals surface area contributed by atoms with Gasteiger partial charge in [-0.05, 0) is 24.6 Å². The summed E-state index contributed by atoms with van der Waals surface area (Å²) in [6.45, 7) is 0. The molecule has 6 heteroatoms. The largest absolute Gasteiger partial charge is 0.345 e. The van der Waals surface area contributed by atoms with E-state index in [0.29, 0.717) is 22.7 Å². The van der Waals surface area contributed by atoms with Gasteiger partial charge < -0.3 is 16.0 Å². The molecule has 0 spiro atoms. The number of amides is 2. The average Bonchev–Trinajstić information content (AvgIpc) is 2.86. The minimum Gasteiger partial charge on any atom is -0.345 e. The van der Waals surface area contributed by atoms with E-state index >= 15 is 0 Å². The van der Waals surface area contributed by atoms with Gasteiger partial charge in [0.1, 0.15) is 0 Å². The maximum Gasteiger partial charge on any atom is 0.254 e. The lowest BCUT2D eigenvalue weighted by Gasteiger charge is -2.14. The molecule has 0 saturated heterocycles. The number of halogens is 1. The van der Waals surface area contributed by atoms with Crippen LogP contribution in [0.2, 0.25) is 5.02 Å². The summed E-state index contributed by atoms with van der Waals surface area (Å²) >= 11 is 6.03. The molecule has 2 rings (SSSR count). The Morgan fingerprint density at radius 1 is 1.33 bits per heavy atom. The van der Waals surface area contributed by atoms with E-state index < -0.39 is 0 Å². The van der Waals surface area contributed by atoms with Crippen molar-refractivity contribution >= 4 is 29.1 Å². The molecule has 112 valence electrons. The van der Waals surface area contributed by atoms with Gasteiger partial charge in [-0.25, -0.2) is 0 Å². The van der Waals surface area contributed by atoms with Crippen molar-refractivity contribution in [1.82, 2.24) is 4.90 Å². The smallest absolute Gasteiger partial charge is 0.254 e. The molecule has 2 amide bonds. The number of carbonyl (C=O) groups is 2. The summed E-state index contributed by atoms with van der Waals surface area (Å²) in [5.74, 6) is -0.577. The van der Waals surface area contributed by atoms with Crippen LogP contribution in [0.3, 0.4) is 0 Å². The zero-order valence-corrected chi connectivity index (χ0v) is 12.7. The molecule has 0 aliphatic heterocycles. The average molecular weight is 308 g/mol. The Morgan fingerprint density at radius 2 is 2.05 bits per heavy atom. The predicted molar refractivity (Wildman–Crippen MR) is 83.3 cm³/mol. The first-order valence-electron chi connectivity index (χ1n) is 6.64. The molecule has 0 saturated carbocycles. The predicted octanol–water partition coefficient (Wildman–Crippen LogP) is 1.88. The number of hydrogen-bond donors (Lipinski definition) is 2. The lowest BCUT2D eigenvalue weighted by atomic mass is 10.1. The van der Waals surface area contributed by atoms with Gasteiger partial charge >= 0.3 is 0 Å². The fraction of sp³-hybridized carbons (Fsp3) is 0.333. The van der Waals surface area contributed by atoms with Crippen LogP contribution in [0.4, 0.5) is 5.69 Å². The normalized spacial score (nSPS) is 20.4. The van der Waals surface area contributed by atoms with Gasteiger partial charge in [0, 0.05) is 25.8 Å². The molecule has 1 aliphatic carbocycles. The Hall–Kier alpha value is -1.85. The van der Waals surface area contributed by atoms with E-state index in [1.54, 1.807) is 32.3 Å². The Kier molecular flexibility index (Phi) is 4.65. The second-order valence-electron chi connectivity index (χ2n) is 5.27. The van der Waals surface area contributed by atoms with Gasteiger partial charge in [0.2, 0.25) is 5.91 Å². The van der Waals surface area contributed by atoms with Crippen molar-refractivity contribution in [3.8, 4) is 0 Å². The minimum atomic E-state index is -0.233. The monoisotopic (exact) mass is 307 g/mol. The van der Waals surface area contributed by atoms with Crippen LogP contribution >= 0.6 is 11.6 Å². The fourth-order valence-electron chi connectivity index (χ4n) is 2.16. The lowest BCUT2D eigenvalue weighted by Crippen LogP contribution is -2.25. The fourth-order valence-corrected chi connectivity index (χ4v) is 2.36. The van der Waals surface area contributed by atoms with Crippen molar-refractivity contribution in [2.45, 2.75) is 12.5 Å². The summed E-state index contributed by atoms with van der Waals surface area (Å²) in [7, 11) is 3.29. The molecular formula is C15H18ClN3O2. The number of nitrogens with one attached hydrogen (secondary N) is 1. The van der Waals surface area contributed by atoms with Crippen molar-refractivity contribution < 1.29 is 9.59 Å². The molecule has 3 N–H and O–H groups in total. The number of anilines is 1. The summed E-state index contributed by atoms with van der Waals surface area (Å²) in [6, 6.07) is 4.79. The summed E-state index contributed by atoms with van der Waals surface area (Å²) in [5, 5.41) is 3.15. The third kappa shape index (κ3) is 3.62. The van der Waals surface area contributed by atoms with Gasteiger partial charge in [0.05, 0.1) is 16.5 Å². The first-order chi connectivity index (χ1) is 9.88. The maximum absolute atomic E-state index is 12.1. The Labute approximate surface area is 128 Å². The van der Waals surface area contributed by atoms with E-state index in [9.17, 15) is 9.59 Å². The second kappa shape index (κ2) is 6.28. The molecule has 0 fully saturated rings. The lowest BCUT2D eigenvalue weighted by molar-refractivity contribution is -0.118. The number of benzene rings is 1. The summed E-state index contributed by atoms with van der Waals surface area (Å²) in [6.07, 6.45) is 4.23. The standard InChI is InChI=1S/C15H18ClN3O2/c1-19(2)15(21)12-8-11(5-6-13(12)16)18-14(20)9-3-4-10(17)7-9/h3-6,8-10H,7,17H2,1-2H3,(H,18,20). The van der Waals surface area contributed by atoms with E-state index in [1.807, 2.05) is 12.2 Å². The first kappa shape index (κ1) is 15.5. The van der Waals surface area contributed by atoms with E-state index in [-0.39, 0.29) is 23.8 Å². The summed E-state index contributed by atoms with van der Waals surface area (Å²) < 4.78 is 0. The molecule has 1 aromatic carbocycles. The van der Waals surface area contributed by atoms with Gasteiger partial charge in [-0.15, -0.1) is 0 Å². The SMILES string of the molecule is CN(C)C(=O)c1cc(NC(=O)C2C=CC(N)C2)ccc1Cl. The van der Waals surface area contributed by atoms with Crippen LogP contribution < -0.4 is 11.1 Å². The number of carbonyl (C=O) groups excluding carboxylic acids is 2. The molecule has 1 aromatic rings. The zero-order chi connectivity index (χ0) is 15.6. The van der Waals surface area contributed by atoms with E-state index in [2.05, 4.69) is 5.32 Å². The molecule has 2 atom stereocenters. The number of nitrogens with zero attached hydrogens (tertiary/aromatic N) is 1. The molecule has 0 bridgehead atoms. The maximum atomic E-state index is 12.1. The molecule has 1 aliphatic rings. The first-order valence-corrected chi connectivity index (χ1v) is 7.02. The highest BCUT2D eigenvalue weighted by molar-refractivity contribution is 6.34. The number of nitrogens with two attached hydrogens (primary N) is 1. The highest BCUT2D eigenvalue weighted by Crippen LogP contribution is 2.23. The molecule has 21 heavy (non-hydrogen) atoms. The van der Waals surface area contributed by atoms with E-state index in [0.717, 1.165) is 0 Å². The van der Waals surface area contributed by atoms with Gasteiger partial charge in [-0.1, -0.05) is 23.8 Å². The Bertz CT molecular complexity index is 599. The number of hydrogen-bond acceptors (Lipinski definition) is 3. The van der Waals surface area contributed by atoms with Crippen molar-refractivity contribution in [2.24, 2.45) is 11.7 Å². The van der Waals surface area contributed by atoms with Crippen molar-refractivity contribution in [3.63, 3.8) is 0 Å². The third-order valence-corrected chi connectivity index (χ3v) is 3.65. The Morgan fingerprint density at radius 3 is 2.62 bits per heavy atom. The van der Waals surface area contributed by atoms with Gasteiger partial charge in [-0.2, -0.15) is 0 Å². The summed E-state index contributed by atoms with van der Waals surface area (Å²) in [5.41, 5.74) is 6.64. The Balaban J connectivity index is 2.14. The van der Waals surface area contributed by atoms with Crippen LogP contribution in [-0.2, 0) is 4.79 Å². The second-order valence-corrected chi connectivity index (χ2v) is 5.68. The van der Waals surface area contributed by atoms with E-state index in [1.165, 1.54) is 4.90 Å². The summed E-state index contributed by atoms with van der Waals surface area (Å²) in [4.78, 5) is 25.6. The van der Waals surface area contributed by atoms with Crippen molar-refractivity contribution in [1.29, 1.82) is 0 Å². The van der Waals surface area contributed by atoms with Crippen molar-refractivity contribution in [2.75, 3.05) is 19.4 Å². The molecule has 0 radical (unpaired) electrons. The van der Waals surface area contributed by atoms with Crippen LogP contribution in [0.1, 0.15) is 16.8 Å². The topological polar surface area (TPSA) is 75.4 Å². The highest BCUT2D eigenvalue weighted by atomic mass is 35.5. The molecule has 0 aromatic heterocycles. The molecule has 2 unspecified atom stereocenters. The van der Waals surface area contributed by atoms with Crippen molar-refractivity contribution in [3.05, 3.63) is 40.9 Å². The van der Waals surface area contributed by atoms with Gasteiger partial charge in [0.15, 0.2) is 0 Å². The number of rotatable bonds is 3. The van der Waals surface area contributed by atoms with Gasteiger partial charge in [0.25, 0.3) is 5.91 Å². The highest BCUT2D eigenvalue weighted by Gasteiger charge is 2.23. The van der Waals surface area contributed by atoms with Crippen LogP contribution in [0.15, 0.2) is 30.4 Å². The molecular weight excluding hydrogens is 290 g/mol. The zero-order valence-electron chi connectivity index (χ0n) is 12.0. The van der Waals surface area contributed by atoms with Crippen LogP contribution in [0.25, 0.3) is 0 Å². The van der Waals surface area contributed by atoms with Crippen LogP contribution in [0.5, 0.6) is 0 Å². The van der Waals surface area contributed by atoms with Crippen LogP contribution in [0, 0.1) is 5.92 Å². The third-order valence-electron chi connectivity index (χ3n) is 3.32. The van der Waals surface area contributed by atoms with Crippen LogP contribution in [-0.4, -0.2) is 36.9 Å². The molecule has 5 nitrogen and oxygen atoms in total. The van der Waals surface area contributed by atoms with E-state index in [4.69, 9.17) is 17.3 Å². The minimum absolute atomic E-state index is 0.0724. The quantitative estimate of drug-likeness (QED) is 0.837.